The summed E-state index contributed by atoms with van der Waals surface area (Å²) < 4.78 is 0. The molecule has 0 saturated heterocycles. The van der Waals surface area contributed by atoms with Crippen LogP contribution in [-0.4, -0.2) is 40.9 Å². The Balaban J connectivity index is 2.55. The second kappa shape index (κ2) is 6.29. The van der Waals surface area contributed by atoms with Crippen molar-refractivity contribution in [2.75, 3.05) is 12.8 Å². The lowest BCUT2D eigenvalue weighted by Gasteiger charge is -2.33. The monoisotopic (exact) mass is 272 g/mol. The molecule has 1 aliphatic rings. The first-order valence-electron chi connectivity index (χ1n) is 6.91. The Hall–Kier alpha value is -0.220. The fourth-order valence-corrected chi connectivity index (χ4v) is 3.56. The second-order valence-electron chi connectivity index (χ2n) is 6.34. The lowest BCUT2D eigenvalue weighted by molar-refractivity contribution is -0.135. The quantitative estimate of drug-likeness (QED) is 0.855. The van der Waals surface area contributed by atoms with Crippen molar-refractivity contribution in [3.8, 4) is 0 Å². The molecule has 1 saturated carbocycles. The summed E-state index contributed by atoms with van der Waals surface area (Å²) in [6.45, 7) is 8.26. The summed E-state index contributed by atoms with van der Waals surface area (Å²) in [5.41, 5.74) is 5.89. The van der Waals surface area contributed by atoms with Crippen molar-refractivity contribution in [2.24, 2.45) is 11.1 Å². The summed E-state index contributed by atoms with van der Waals surface area (Å²) in [7, 11) is 1.91. The van der Waals surface area contributed by atoms with E-state index in [4.69, 9.17) is 5.73 Å². The van der Waals surface area contributed by atoms with Gasteiger partial charge < -0.3 is 10.6 Å². The summed E-state index contributed by atoms with van der Waals surface area (Å²) >= 11 is 2.02. The van der Waals surface area contributed by atoms with Gasteiger partial charge >= 0.3 is 0 Å². The van der Waals surface area contributed by atoms with Crippen LogP contribution in [0.5, 0.6) is 0 Å². The molecule has 2 N–H and O–H groups in total. The number of amides is 1. The molecule has 18 heavy (non-hydrogen) atoms. The number of nitrogens with two attached hydrogens (primary N) is 1. The van der Waals surface area contributed by atoms with Gasteiger partial charge in [-0.25, -0.2) is 0 Å². The van der Waals surface area contributed by atoms with Crippen LogP contribution in [0.2, 0.25) is 0 Å². The van der Waals surface area contributed by atoms with Crippen LogP contribution in [0.1, 0.15) is 47.0 Å². The van der Waals surface area contributed by atoms with Crippen LogP contribution in [0.4, 0.5) is 0 Å². The second-order valence-corrected chi connectivity index (χ2v) is 7.91. The van der Waals surface area contributed by atoms with E-state index in [1.54, 1.807) is 0 Å². The van der Waals surface area contributed by atoms with Crippen LogP contribution >= 0.6 is 11.8 Å². The highest BCUT2D eigenvalue weighted by molar-refractivity contribution is 7.99. The van der Waals surface area contributed by atoms with Crippen LogP contribution in [0.15, 0.2) is 0 Å². The van der Waals surface area contributed by atoms with Crippen molar-refractivity contribution >= 4 is 17.7 Å². The zero-order valence-electron chi connectivity index (χ0n) is 12.4. The van der Waals surface area contributed by atoms with Crippen LogP contribution < -0.4 is 5.73 Å². The number of nitrogens with zero attached hydrogens (tertiary/aromatic N) is 1. The molecule has 0 aromatic carbocycles. The van der Waals surface area contributed by atoms with E-state index in [2.05, 4.69) is 6.92 Å². The molecule has 1 aliphatic carbocycles. The Morgan fingerprint density at radius 1 is 1.44 bits per heavy atom. The third kappa shape index (κ3) is 3.89. The maximum Gasteiger partial charge on any atom is 0.240 e. The van der Waals surface area contributed by atoms with Crippen molar-refractivity contribution in [1.29, 1.82) is 0 Å². The number of thioether (sulfide) groups is 1. The molecule has 3 nitrogen and oxygen atoms in total. The first kappa shape index (κ1) is 15.8. The topological polar surface area (TPSA) is 46.3 Å². The summed E-state index contributed by atoms with van der Waals surface area (Å²) in [6.07, 6.45) is 3.47. The third-order valence-electron chi connectivity index (χ3n) is 3.85. The molecule has 0 aromatic heterocycles. The molecular formula is C14H28N2OS. The molecule has 4 heteroatoms. The molecule has 0 heterocycles. The Kier molecular flexibility index (Phi) is 5.53. The van der Waals surface area contributed by atoms with E-state index in [1.807, 2.05) is 44.5 Å². The first-order chi connectivity index (χ1) is 8.27. The fraction of sp³-hybridized carbons (Fsp3) is 0.929. The molecule has 106 valence electrons. The number of likely N-dealkylation sites (N-methyl/N-ethyl adjacent to an activating group) is 1. The fourth-order valence-electron chi connectivity index (χ4n) is 2.43. The standard InChI is InChI=1S/C14H28N2OS/c1-6-18-11-8-7-10(9-11)16(5)13(17)12(15)14(2,3)4/h10-12H,6-9,15H2,1-5H3/t10?,11?,12-/m1/s1. The van der Waals surface area contributed by atoms with Gasteiger partial charge in [-0.1, -0.05) is 27.7 Å². The third-order valence-corrected chi connectivity index (χ3v) is 5.09. The molecular weight excluding hydrogens is 244 g/mol. The Labute approximate surface area is 116 Å². The van der Waals surface area contributed by atoms with E-state index in [9.17, 15) is 4.79 Å². The SMILES string of the molecule is CCSC1CCC(N(C)C(=O)[C@@H](N)C(C)(C)C)C1. The molecule has 0 bridgehead atoms. The largest absolute Gasteiger partial charge is 0.341 e. The number of hydrogen-bond donors (Lipinski definition) is 1. The van der Waals surface area contributed by atoms with Crippen LogP contribution in [-0.2, 0) is 4.79 Å². The van der Waals surface area contributed by atoms with Gasteiger partial charge in [0.25, 0.3) is 0 Å². The summed E-state index contributed by atoms with van der Waals surface area (Å²) in [5, 5.41) is 0.723. The van der Waals surface area contributed by atoms with E-state index in [-0.39, 0.29) is 11.3 Å². The average molecular weight is 272 g/mol. The summed E-state index contributed by atoms with van der Waals surface area (Å²) in [4.78, 5) is 14.2. The number of hydrogen-bond acceptors (Lipinski definition) is 3. The number of rotatable bonds is 4. The molecule has 1 fully saturated rings. The van der Waals surface area contributed by atoms with Crippen molar-refractivity contribution in [2.45, 2.75) is 64.3 Å². The van der Waals surface area contributed by atoms with Crippen molar-refractivity contribution in [3.63, 3.8) is 0 Å². The van der Waals surface area contributed by atoms with E-state index < -0.39 is 6.04 Å². The van der Waals surface area contributed by atoms with Gasteiger partial charge in [0.2, 0.25) is 5.91 Å². The van der Waals surface area contributed by atoms with E-state index in [0.717, 1.165) is 23.8 Å². The van der Waals surface area contributed by atoms with E-state index in [0.29, 0.717) is 6.04 Å². The maximum atomic E-state index is 12.3. The Morgan fingerprint density at radius 2 is 2.06 bits per heavy atom. The molecule has 1 rings (SSSR count). The molecule has 2 unspecified atom stereocenters. The van der Waals surface area contributed by atoms with Crippen LogP contribution in [0.3, 0.4) is 0 Å². The molecule has 3 atom stereocenters. The minimum Gasteiger partial charge on any atom is -0.341 e. The van der Waals surface area contributed by atoms with E-state index in [1.165, 1.54) is 6.42 Å². The maximum absolute atomic E-state index is 12.3. The van der Waals surface area contributed by atoms with Gasteiger partial charge in [0.15, 0.2) is 0 Å². The molecule has 0 radical (unpaired) electrons. The minimum absolute atomic E-state index is 0.0923. The highest BCUT2D eigenvalue weighted by Gasteiger charge is 2.35. The normalized spacial score (nSPS) is 26.1. The molecule has 0 aliphatic heterocycles. The smallest absolute Gasteiger partial charge is 0.240 e. The average Bonchev–Trinajstić information content (AvgIpc) is 2.74. The zero-order valence-corrected chi connectivity index (χ0v) is 13.2. The first-order valence-corrected chi connectivity index (χ1v) is 7.96. The lowest BCUT2D eigenvalue weighted by atomic mass is 9.86. The summed E-state index contributed by atoms with van der Waals surface area (Å²) in [5.74, 6) is 1.26. The number of carbonyl (C=O) groups excluding carboxylic acids is 1. The molecule has 0 aromatic rings. The van der Waals surface area contributed by atoms with Crippen LogP contribution in [0.25, 0.3) is 0 Å². The molecule has 0 spiro atoms. The predicted molar refractivity (Wildman–Crippen MR) is 79.8 cm³/mol. The summed E-state index contributed by atoms with van der Waals surface area (Å²) in [6, 6.07) is -0.0182. The van der Waals surface area contributed by atoms with E-state index >= 15 is 0 Å². The van der Waals surface area contributed by atoms with Crippen molar-refractivity contribution in [3.05, 3.63) is 0 Å². The van der Waals surface area contributed by atoms with Gasteiger partial charge in [-0.2, -0.15) is 11.8 Å². The van der Waals surface area contributed by atoms with Gasteiger partial charge in [0.1, 0.15) is 0 Å². The van der Waals surface area contributed by atoms with Crippen molar-refractivity contribution < 1.29 is 4.79 Å². The Morgan fingerprint density at radius 3 is 2.56 bits per heavy atom. The lowest BCUT2D eigenvalue weighted by Crippen LogP contribution is -2.51. The van der Waals surface area contributed by atoms with Crippen molar-refractivity contribution in [1.82, 2.24) is 4.90 Å². The predicted octanol–water partition coefficient (Wildman–Crippen LogP) is 2.49. The van der Waals surface area contributed by atoms with Gasteiger partial charge in [-0.05, 0) is 30.4 Å². The van der Waals surface area contributed by atoms with Gasteiger partial charge in [-0.3, -0.25) is 4.79 Å². The van der Waals surface area contributed by atoms with Crippen LogP contribution in [0, 0.1) is 5.41 Å². The highest BCUT2D eigenvalue weighted by atomic mass is 32.2. The number of carbonyl (C=O) groups is 1. The van der Waals surface area contributed by atoms with Gasteiger partial charge in [-0.15, -0.1) is 0 Å². The van der Waals surface area contributed by atoms with Gasteiger partial charge in [0.05, 0.1) is 6.04 Å². The minimum atomic E-state index is -0.402. The Bertz CT molecular complexity index is 288. The molecule has 1 amide bonds. The highest BCUT2D eigenvalue weighted by Crippen LogP contribution is 2.33. The van der Waals surface area contributed by atoms with Gasteiger partial charge in [0, 0.05) is 18.3 Å². The zero-order chi connectivity index (χ0) is 13.9.